The molecule has 1 fully saturated rings. The molecule has 6 heteroatoms. The molecule has 0 radical (unpaired) electrons. The van der Waals surface area contributed by atoms with E-state index in [1.807, 2.05) is 0 Å². The van der Waals surface area contributed by atoms with Crippen LogP contribution < -0.4 is 10.6 Å². The lowest BCUT2D eigenvalue weighted by atomic mass is 10.1. The van der Waals surface area contributed by atoms with Crippen LogP contribution >= 0.6 is 24.0 Å². The maximum atomic E-state index is 4.83. The molecule has 1 aliphatic rings. The lowest BCUT2D eigenvalue weighted by Crippen LogP contribution is -2.45. The summed E-state index contributed by atoms with van der Waals surface area (Å²) < 4.78 is 0. The Balaban J connectivity index is 0.00000364. The van der Waals surface area contributed by atoms with Gasteiger partial charge in [0.2, 0.25) is 0 Å². The minimum Gasteiger partial charge on any atom is -0.357 e. The number of benzene rings is 1. The van der Waals surface area contributed by atoms with Crippen molar-refractivity contribution in [1.82, 2.24) is 20.4 Å². The van der Waals surface area contributed by atoms with Crippen molar-refractivity contribution < 1.29 is 0 Å². The van der Waals surface area contributed by atoms with Crippen LogP contribution in [0.5, 0.6) is 0 Å². The standard InChI is InChI=1S/C21H37N5.HI/c1-6-22-20(24-17-21(2,3)25(4)5)23-16-19(26-14-10-11-15-26)18-12-8-7-9-13-18;/h7-9,12-13,19H,6,10-11,14-17H2,1-5H3,(H2,22,23,24);1H. The van der Waals surface area contributed by atoms with E-state index in [0.29, 0.717) is 6.04 Å². The topological polar surface area (TPSA) is 42.9 Å². The Morgan fingerprint density at radius 1 is 1.15 bits per heavy atom. The number of guanidine groups is 1. The van der Waals surface area contributed by atoms with Crippen LogP contribution in [0.1, 0.15) is 45.2 Å². The van der Waals surface area contributed by atoms with Gasteiger partial charge in [-0.25, -0.2) is 0 Å². The number of hydrogen-bond acceptors (Lipinski definition) is 3. The Bertz CT molecular complexity index is 553. The monoisotopic (exact) mass is 487 g/mol. The van der Waals surface area contributed by atoms with Crippen molar-refractivity contribution in [1.29, 1.82) is 0 Å². The predicted molar refractivity (Wildman–Crippen MR) is 127 cm³/mol. The number of rotatable bonds is 8. The van der Waals surface area contributed by atoms with E-state index in [4.69, 9.17) is 4.99 Å². The van der Waals surface area contributed by atoms with Gasteiger partial charge in [-0.1, -0.05) is 30.3 Å². The number of hydrogen-bond donors (Lipinski definition) is 2. The molecule has 0 bridgehead atoms. The predicted octanol–water partition coefficient (Wildman–Crippen LogP) is 3.34. The molecule has 2 N–H and O–H groups in total. The van der Waals surface area contributed by atoms with Gasteiger partial charge >= 0.3 is 0 Å². The fourth-order valence-corrected chi connectivity index (χ4v) is 3.14. The van der Waals surface area contributed by atoms with Gasteiger partial charge in [0.15, 0.2) is 5.96 Å². The van der Waals surface area contributed by atoms with Gasteiger partial charge in [0.25, 0.3) is 0 Å². The van der Waals surface area contributed by atoms with Crippen molar-refractivity contribution in [3.63, 3.8) is 0 Å². The van der Waals surface area contributed by atoms with Gasteiger partial charge in [-0.05, 0) is 66.4 Å². The number of nitrogens with zero attached hydrogens (tertiary/aromatic N) is 3. The second-order valence-corrected chi connectivity index (χ2v) is 7.95. The zero-order chi connectivity index (χ0) is 19.0. The zero-order valence-corrected chi connectivity index (χ0v) is 20.0. The van der Waals surface area contributed by atoms with Crippen LogP contribution in [0.2, 0.25) is 0 Å². The van der Waals surface area contributed by atoms with Crippen LogP contribution in [0.3, 0.4) is 0 Å². The van der Waals surface area contributed by atoms with E-state index in [0.717, 1.165) is 25.6 Å². The van der Waals surface area contributed by atoms with Crippen LogP contribution in [-0.2, 0) is 0 Å². The second kappa shape index (κ2) is 11.9. The normalized spacial score (nSPS) is 16.9. The molecule has 27 heavy (non-hydrogen) atoms. The smallest absolute Gasteiger partial charge is 0.191 e. The fourth-order valence-electron chi connectivity index (χ4n) is 3.14. The largest absolute Gasteiger partial charge is 0.357 e. The third kappa shape index (κ3) is 7.58. The minimum atomic E-state index is 0. The van der Waals surface area contributed by atoms with Gasteiger partial charge < -0.3 is 15.5 Å². The molecule has 0 amide bonds. The van der Waals surface area contributed by atoms with E-state index in [9.17, 15) is 0 Å². The average molecular weight is 487 g/mol. The number of nitrogens with one attached hydrogen (secondary N) is 2. The fraction of sp³-hybridized carbons (Fsp3) is 0.667. The molecule has 154 valence electrons. The second-order valence-electron chi connectivity index (χ2n) is 7.95. The maximum absolute atomic E-state index is 4.83. The molecule has 0 saturated carbocycles. The van der Waals surface area contributed by atoms with E-state index in [1.165, 1.54) is 31.5 Å². The molecule has 0 spiro atoms. The number of halogens is 1. The Morgan fingerprint density at radius 2 is 1.78 bits per heavy atom. The quantitative estimate of drug-likeness (QED) is 0.336. The molecule has 1 unspecified atom stereocenters. The van der Waals surface area contributed by atoms with Crippen LogP contribution in [0.4, 0.5) is 0 Å². The van der Waals surface area contributed by atoms with Crippen LogP contribution in [0, 0.1) is 0 Å². The summed E-state index contributed by atoms with van der Waals surface area (Å²) in [5, 5.41) is 6.98. The summed E-state index contributed by atoms with van der Waals surface area (Å²) in [5.41, 5.74) is 1.42. The van der Waals surface area contributed by atoms with Crippen LogP contribution in [-0.4, -0.2) is 68.1 Å². The Labute approximate surface area is 183 Å². The molecular weight excluding hydrogens is 449 g/mol. The van der Waals surface area contributed by atoms with E-state index < -0.39 is 0 Å². The zero-order valence-electron chi connectivity index (χ0n) is 17.7. The van der Waals surface area contributed by atoms with Crippen molar-refractivity contribution in [2.45, 2.75) is 45.2 Å². The average Bonchev–Trinajstić information content (AvgIpc) is 3.15. The Hall–Kier alpha value is -0.860. The van der Waals surface area contributed by atoms with E-state index in [-0.39, 0.29) is 29.5 Å². The molecular formula is C21H38IN5. The van der Waals surface area contributed by atoms with E-state index in [1.54, 1.807) is 0 Å². The first-order chi connectivity index (χ1) is 12.4. The third-order valence-electron chi connectivity index (χ3n) is 5.41. The summed E-state index contributed by atoms with van der Waals surface area (Å²) in [6, 6.07) is 11.2. The van der Waals surface area contributed by atoms with Crippen molar-refractivity contribution in [2.24, 2.45) is 4.99 Å². The lowest BCUT2D eigenvalue weighted by molar-refractivity contribution is 0.204. The summed E-state index contributed by atoms with van der Waals surface area (Å²) in [5.74, 6) is 0.905. The molecule has 1 aromatic rings. The first-order valence-corrected chi connectivity index (χ1v) is 9.92. The highest BCUT2D eigenvalue weighted by Gasteiger charge is 2.24. The molecule has 1 aliphatic heterocycles. The molecule has 0 aliphatic carbocycles. The minimum absolute atomic E-state index is 0. The van der Waals surface area contributed by atoms with Crippen molar-refractivity contribution in [3.05, 3.63) is 35.9 Å². The van der Waals surface area contributed by atoms with Crippen molar-refractivity contribution >= 4 is 29.9 Å². The van der Waals surface area contributed by atoms with Gasteiger partial charge in [-0.15, -0.1) is 24.0 Å². The van der Waals surface area contributed by atoms with Gasteiger partial charge in [-0.2, -0.15) is 0 Å². The van der Waals surface area contributed by atoms with E-state index in [2.05, 4.69) is 85.6 Å². The van der Waals surface area contributed by atoms with Crippen molar-refractivity contribution in [3.8, 4) is 0 Å². The number of likely N-dealkylation sites (N-methyl/N-ethyl adjacent to an activating group) is 1. The van der Waals surface area contributed by atoms with Gasteiger partial charge in [-0.3, -0.25) is 9.89 Å². The highest BCUT2D eigenvalue weighted by molar-refractivity contribution is 14.0. The summed E-state index contributed by atoms with van der Waals surface area (Å²) in [6.07, 6.45) is 2.60. The van der Waals surface area contributed by atoms with Crippen molar-refractivity contribution in [2.75, 3.05) is 46.8 Å². The molecule has 1 saturated heterocycles. The van der Waals surface area contributed by atoms with Crippen LogP contribution in [0.15, 0.2) is 35.3 Å². The highest BCUT2D eigenvalue weighted by Crippen LogP contribution is 2.24. The van der Waals surface area contributed by atoms with E-state index >= 15 is 0 Å². The molecule has 2 rings (SSSR count). The SMILES string of the molecule is CCNC(=NCC(C)(C)N(C)C)NCC(c1ccccc1)N1CCCC1.I. The first kappa shape index (κ1) is 24.2. The number of aliphatic imine (C=N–C) groups is 1. The van der Waals surface area contributed by atoms with Gasteiger partial charge in [0.05, 0.1) is 12.6 Å². The van der Waals surface area contributed by atoms with Gasteiger partial charge in [0.1, 0.15) is 0 Å². The summed E-state index contributed by atoms with van der Waals surface area (Å²) >= 11 is 0. The van der Waals surface area contributed by atoms with Gasteiger partial charge in [0, 0.05) is 18.6 Å². The maximum Gasteiger partial charge on any atom is 0.191 e. The lowest BCUT2D eigenvalue weighted by Gasteiger charge is -2.31. The number of likely N-dealkylation sites (tertiary alicyclic amines) is 1. The summed E-state index contributed by atoms with van der Waals surface area (Å²) in [7, 11) is 4.21. The summed E-state index contributed by atoms with van der Waals surface area (Å²) in [6.45, 7) is 11.4. The molecule has 1 atom stereocenters. The molecule has 1 heterocycles. The third-order valence-corrected chi connectivity index (χ3v) is 5.41. The summed E-state index contributed by atoms with van der Waals surface area (Å²) in [4.78, 5) is 9.65. The molecule has 0 aromatic heterocycles. The highest BCUT2D eigenvalue weighted by atomic mass is 127. The Kier molecular flexibility index (Phi) is 10.6. The first-order valence-electron chi connectivity index (χ1n) is 9.92. The molecule has 5 nitrogen and oxygen atoms in total. The Morgan fingerprint density at radius 3 is 2.33 bits per heavy atom. The van der Waals surface area contributed by atoms with Crippen LogP contribution in [0.25, 0.3) is 0 Å². The molecule has 1 aromatic carbocycles.